The highest BCUT2D eigenvalue weighted by Crippen LogP contribution is 2.26. The number of nitrogens with one attached hydrogen (secondary N) is 1. The third-order valence-corrected chi connectivity index (χ3v) is 3.69. The second kappa shape index (κ2) is 6.71. The van der Waals surface area contributed by atoms with Crippen LogP contribution >= 0.6 is 0 Å². The van der Waals surface area contributed by atoms with Crippen molar-refractivity contribution in [1.29, 1.82) is 0 Å². The van der Waals surface area contributed by atoms with E-state index in [1.165, 1.54) is 0 Å². The van der Waals surface area contributed by atoms with Gasteiger partial charge in [-0.15, -0.1) is 0 Å². The molecule has 1 aromatic heterocycles. The van der Waals surface area contributed by atoms with E-state index in [1.54, 1.807) is 6.33 Å². The zero-order valence-corrected chi connectivity index (χ0v) is 12.6. The molecule has 0 spiro atoms. The van der Waals surface area contributed by atoms with Crippen LogP contribution in [0.25, 0.3) is 0 Å². The van der Waals surface area contributed by atoms with Crippen molar-refractivity contribution < 1.29 is 0 Å². The Balaban J connectivity index is 2.10. The van der Waals surface area contributed by atoms with Crippen molar-refractivity contribution in [3.8, 4) is 0 Å². The highest BCUT2D eigenvalue weighted by atomic mass is 15.5. The van der Waals surface area contributed by atoms with E-state index in [1.807, 2.05) is 0 Å². The van der Waals surface area contributed by atoms with Crippen molar-refractivity contribution in [2.45, 2.75) is 13.8 Å². The lowest BCUT2D eigenvalue weighted by Gasteiger charge is -2.33. The van der Waals surface area contributed by atoms with Gasteiger partial charge in [0.15, 0.2) is 11.6 Å². The standard InChI is InChI=1S/C13H25N7/c1-4-19(5-2)13-11(14)12(15-10-16-13)17-20-8-6-18(3)7-9-20/h10H,4-9,14H2,1-3H3,(H,15,16,17). The number of nitrogens with two attached hydrogens (primary N) is 1. The Morgan fingerprint density at radius 2 is 1.85 bits per heavy atom. The van der Waals surface area contributed by atoms with E-state index >= 15 is 0 Å². The van der Waals surface area contributed by atoms with Crippen LogP contribution in [0.5, 0.6) is 0 Å². The van der Waals surface area contributed by atoms with Gasteiger partial charge in [0.25, 0.3) is 0 Å². The Labute approximate surface area is 120 Å². The summed E-state index contributed by atoms with van der Waals surface area (Å²) < 4.78 is 0. The average Bonchev–Trinajstić information content (AvgIpc) is 2.46. The van der Waals surface area contributed by atoms with Crippen LogP contribution in [0, 0.1) is 0 Å². The van der Waals surface area contributed by atoms with Crippen LogP contribution in [0.2, 0.25) is 0 Å². The summed E-state index contributed by atoms with van der Waals surface area (Å²) in [4.78, 5) is 13.0. The number of aromatic nitrogens is 2. The topological polar surface area (TPSA) is 73.6 Å². The summed E-state index contributed by atoms with van der Waals surface area (Å²) in [6.07, 6.45) is 1.57. The molecule has 2 heterocycles. The number of likely N-dealkylation sites (N-methyl/N-ethyl adjacent to an activating group) is 1. The van der Waals surface area contributed by atoms with Crippen molar-refractivity contribution in [3.05, 3.63) is 6.33 Å². The molecular weight excluding hydrogens is 254 g/mol. The van der Waals surface area contributed by atoms with Crippen molar-refractivity contribution in [2.24, 2.45) is 0 Å². The third-order valence-electron chi connectivity index (χ3n) is 3.69. The Bertz CT molecular complexity index is 425. The molecule has 0 atom stereocenters. The normalized spacial score (nSPS) is 17.1. The van der Waals surface area contributed by atoms with Gasteiger partial charge in [-0.2, -0.15) is 0 Å². The van der Waals surface area contributed by atoms with Gasteiger partial charge in [-0.05, 0) is 20.9 Å². The first-order chi connectivity index (χ1) is 9.65. The molecule has 1 fully saturated rings. The summed E-state index contributed by atoms with van der Waals surface area (Å²) in [6, 6.07) is 0. The van der Waals surface area contributed by atoms with E-state index in [9.17, 15) is 0 Å². The molecule has 1 aromatic rings. The van der Waals surface area contributed by atoms with Crippen LogP contribution in [-0.2, 0) is 0 Å². The predicted octanol–water partition coefficient (Wildman–Crippen LogP) is 0.479. The van der Waals surface area contributed by atoms with Crippen molar-refractivity contribution in [1.82, 2.24) is 19.9 Å². The monoisotopic (exact) mass is 279 g/mol. The van der Waals surface area contributed by atoms with Crippen LogP contribution in [-0.4, -0.2) is 66.2 Å². The summed E-state index contributed by atoms with van der Waals surface area (Å²) in [6.45, 7) is 9.96. The molecule has 0 aromatic carbocycles. The fourth-order valence-electron chi connectivity index (χ4n) is 2.32. The van der Waals surface area contributed by atoms with Gasteiger partial charge < -0.3 is 21.0 Å². The number of piperazine rings is 1. The van der Waals surface area contributed by atoms with Gasteiger partial charge in [-0.25, -0.2) is 15.0 Å². The van der Waals surface area contributed by atoms with E-state index in [2.05, 4.69) is 51.1 Å². The van der Waals surface area contributed by atoms with Crippen LogP contribution in [0.4, 0.5) is 17.3 Å². The number of anilines is 3. The van der Waals surface area contributed by atoms with E-state index < -0.39 is 0 Å². The Kier molecular flexibility index (Phi) is 4.97. The lowest BCUT2D eigenvalue weighted by molar-refractivity contribution is 0.178. The maximum atomic E-state index is 6.21. The number of hydrogen-bond donors (Lipinski definition) is 2. The molecule has 1 aliphatic rings. The smallest absolute Gasteiger partial charge is 0.169 e. The summed E-state index contributed by atoms with van der Waals surface area (Å²) in [5.41, 5.74) is 10.2. The SMILES string of the molecule is CCN(CC)c1ncnc(NN2CCN(C)CC2)c1N. The zero-order chi connectivity index (χ0) is 14.5. The van der Waals surface area contributed by atoms with Gasteiger partial charge in [0.05, 0.1) is 0 Å². The van der Waals surface area contributed by atoms with Gasteiger partial charge in [0, 0.05) is 39.3 Å². The quantitative estimate of drug-likeness (QED) is 0.812. The molecule has 0 radical (unpaired) electrons. The Morgan fingerprint density at radius 3 is 2.45 bits per heavy atom. The molecular formula is C13H25N7. The number of hydrazine groups is 1. The second-order valence-electron chi connectivity index (χ2n) is 5.03. The first-order valence-electron chi connectivity index (χ1n) is 7.21. The summed E-state index contributed by atoms with van der Waals surface area (Å²) in [5, 5.41) is 2.16. The van der Waals surface area contributed by atoms with E-state index in [-0.39, 0.29) is 0 Å². The van der Waals surface area contributed by atoms with Gasteiger partial charge in [-0.1, -0.05) is 0 Å². The minimum Gasteiger partial charge on any atom is -0.393 e. The minimum atomic E-state index is 0.620. The molecule has 7 nitrogen and oxygen atoms in total. The van der Waals surface area contributed by atoms with Gasteiger partial charge in [-0.3, -0.25) is 0 Å². The summed E-state index contributed by atoms with van der Waals surface area (Å²) in [7, 11) is 2.13. The van der Waals surface area contributed by atoms with Crippen molar-refractivity contribution in [3.63, 3.8) is 0 Å². The number of nitrogens with zero attached hydrogens (tertiary/aromatic N) is 5. The molecule has 0 amide bonds. The van der Waals surface area contributed by atoms with Crippen LogP contribution in [0.15, 0.2) is 6.33 Å². The molecule has 0 saturated carbocycles. The molecule has 0 unspecified atom stereocenters. The zero-order valence-electron chi connectivity index (χ0n) is 12.6. The molecule has 7 heteroatoms. The van der Waals surface area contributed by atoms with Gasteiger partial charge in [0.1, 0.15) is 12.0 Å². The number of nitrogen functional groups attached to an aromatic ring is 1. The Morgan fingerprint density at radius 1 is 1.20 bits per heavy atom. The van der Waals surface area contributed by atoms with Gasteiger partial charge >= 0.3 is 0 Å². The molecule has 20 heavy (non-hydrogen) atoms. The molecule has 0 bridgehead atoms. The van der Waals surface area contributed by atoms with Crippen molar-refractivity contribution in [2.75, 3.05) is 62.4 Å². The summed E-state index contributed by atoms with van der Waals surface area (Å²) >= 11 is 0. The summed E-state index contributed by atoms with van der Waals surface area (Å²) in [5.74, 6) is 1.51. The molecule has 2 rings (SSSR count). The maximum absolute atomic E-state index is 6.21. The van der Waals surface area contributed by atoms with Gasteiger partial charge in [0.2, 0.25) is 0 Å². The number of hydrogen-bond acceptors (Lipinski definition) is 7. The van der Waals surface area contributed by atoms with E-state index in [0.29, 0.717) is 11.5 Å². The molecule has 1 aliphatic heterocycles. The van der Waals surface area contributed by atoms with Crippen LogP contribution < -0.4 is 16.1 Å². The lowest BCUT2D eigenvalue weighted by atomic mass is 10.3. The second-order valence-corrected chi connectivity index (χ2v) is 5.03. The first kappa shape index (κ1) is 14.8. The molecule has 1 saturated heterocycles. The van der Waals surface area contributed by atoms with Crippen LogP contribution in [0.1, 0.15) is 13.8 Å². The van der Waals surface area contributed by atoms with Crippen molar-refractivity contribution >= 4 is 17.3 Å². The lowest BCUT2D eigenvalue weighted by Crippen LogP contribution is -2.47. The minimum absolute atomic E-state index is 0.620. The molecule has 3 N–H and O–H groups in total. The average molecular weight is 279 g/mol. The third kappa shape index (κ3) is 3.29. The van der Waals surface area contributed by atoms with E-state index in [4.69, 9.17) is 5.73 Å². The molecule has 0 aliphatic carbocycles. The van der Waals surface area contributed by atoms with E-state index in [0.717, 1.165) is 45.1 Å². The fourth-order valence-corrected chi connectivity index (χ4v) is 2.32. The van der Waals surface area contributed by atoms with Crippen LogP contribution in [0.3, 0.4) is 0 Å². The highest BCUT2D eigenvalue weighted by Gasteiger charge is 2.17. The first-order valence-corrected chi connectivity index (χ1v) is 7.21. The highest BCUT2D eigenvalue weighted by molar-refractivity contribution is 5.74. The Hall–Kier alpha value is -1.60. The molecule has 112 valence electrons. The maximum Gasteiger partial charge on any atom is 0.169 e. The fraction of sp³-hybridized carbons (Fsp3) is 0.692. The number of rotatable bonds is 5. The largest absolute Gasteiger partial charge is 0.393 e. The predicted molar refractivity (Wildman–Crippen MR) is 82.7 cm³/mol.